The lowest BCUT2D eigenvalue weighted by Gasteiger charge is -2.34. The molecule has 1 saturated heterocycles. The number of nitrogens with zero attached hydrogens (tertiary/aromatic N) is 4. The number of methoxy groups -OCH3 is 1. The SMILES string of the molecule is CCCC[C@@H](c1nnnn1CCOC)[NH+]1CC[NH+](Cc2ccc3c(c2)OCO3)CC1. The van der Waals surface area contributed by atoms with Crippen molar-refractivity contribution in [1.82, 2.24) is 20.2 Å². The van der Waals surface area contributed by atoms with E-state index in [1.54, 1.807) is 16.9 Å². The molecule has 9 heteroatoms. The van der Waals surface area contributed by atoms with Crippen molar-refractivity contribution in [2.75, 3.05) is 46.7 Å². The summed E-state index contributed by atoms with van der Waals surface area (Å²) in [7, 11) is 1.71. The maximum absolute atomic E-state index is 5.53. The minimum atomic E-state index is 0.330. The molecule has 0 aliphatic carbocycles. The fourth-order valence-corrected chi connectivity index (χ4v) is 4.51. The number of piperazine rings is 1. The Kier molecular flexibility index (Phi) is 7.14. The first-order valence-electron chi connectivity index (χ1n) is 11.1. The molecule has 0 amide bonds. The number of nitrogens with one attached hydrogen (secondary N) is 2. The van der Waals surface area contributed by atoms with Crippen molar-refractivity contribution >= 4 is 0 Å². The van der Waals surface area contributed by atoms with E-state index in [1.807, 2.05) is 10.7 Å². The number of ether oxygens (including phenoxy) is 3. The molecule has 2 N–H and O–H groups in total. The van der Waals surface area contributed by atoms with E-state index in [9.17, 15) is 0 Å². The molecule has 2 aliphatic rings. The van der Waals surface area contributed by atoms with Gasteiger partial charge in [0.15, 0.2) is 11.5 Å². The molecule has 2 aliphatic heterocycles. The maximum atomic E-state index is 5.53. The molecule has 1 fully saturated rings. The average Bonchev–Trinajstić information content (AvgIpc) is 3.43. The first kappa shape index (κ1) is 21.0. The van der Waals surface area contributed by atoms with Gasteiger partial charge in [-0.15, -0.1) is 5.10 Å². The first-order chi connectivity index (χ1) is 14.8. The topological polar surface area (TPSA) is 80.2 Å². The molecule has 2 aromatic rings. The summed E-state index contributed by atoms with van der Waals surface area (Å²) < 4.78 is 18.1. The van der Waals surface area contributed by atoms with E-state index in [0.29, 0.717) is 26.0 Å². The van der Waals surface area contributed by atoms with Crippen molar-refractivity contribution in [3.63, 3.8) is 0 Å². The molecule has 0 bridgehead atoms. The van der Waals surface area contributed by atoms with Crippen LogP contribution in [0.3, 0.4) is 0 Å². The maximum Gasteiger partial charge on any atom is 0.231 e. The van der Waals surface area contributed by atoms with Gasteiger partial charge in [0, 0.05) is 19.1 Å². The molecule has 3 heterocycles. The van der Waals surface area contributed by atoms with E-state index in [0.717, 1.165) is 56.5 Å². The highest BCUT2D eigenvalue weighted by Crippen LogP contribution is 2.32. The monoisotopic (exact) mass is 418 g/mol. The molecule has 1 atom stereocenters. The lowest BCUT2D eigenvalue weighted by atomic mass is 10.1. The van der Waals surface area contributed by atoms with E-state index in [4.69, 9.17) is 14.2 Å². The number of hydrogen-bond acceptors (Lipinski definition) is 6. The highest BCUT2D eigenvalue weighted by molar-refractivity contribution is 5.44. The summed E-state index contributed by atoms with van der Waals surface area (Å²) in [5.41, 5.74) is 1.31. The molecular weight excluding hydrogens is 384 g/mol. The quantitative estimate of drug-likeness (QED) is 0.529. The minimum Gasteiger partial charge on any atom is -0.454 e. The van der Waals surface area contributed by atoms with Gasteiger partial charge < -0.3 is 24.0 Å². The Morgan fingerprint density at radius 2 is 2.00 bits per heavy atom. The zero-order valence-electron chi connectivity index (χ0n) is 18.1. The Labute approximate surface area is 177 Å². The summed E-state index contributed by atoms with van der Waals surface area (Å²) in [4.78, 5) is 3.22. The Morgan fingerprint density at radius 1 is 1.17 bits per heavy atom. The van der Waals surface area contributed by atoms with Crippen LogP contribution in [0.25, 0.3) is 0 Å². The number of aromatic nitrogens is 4. The fourth-order valence-electron chi connectivity index (χ4n) is 4.51. The third-order valence-corrected chi connectivity index (χ3v) is 6.21. The Bertz CT molecular complexity index is 806. The summed E-state index contributed by atoms with van der Waals surface area (Å²) in [5, 5.41) is 12.6. The minimum absolute atomic E-state index is 0.330. The van der Waals surface area contributed by atoms with Gasteiger partial charge >= 0.3 is 0 Å². The molecule has 4 rings (SSSR count). The van der Waals surface area contributed by atoms with Gasteiger partial charge in [-0.3, -0.25) is 0 Å². The van der Waals surface area contributed by atoms with E-state index in [1.165, 1.54) is 18.4 Å². The van der Waals surface area contributed by atoms with Crippen molar-refractivity contribution < 1.29 is 24.0 Å². The van der Waals surface area contributed by atoms with Crippen molar-refractivity contribution in [2.24, 2.45) is 0 Å². The molecule has 0 radical (unpaired) electrons. The molecule has 0 spiro atoms. The van der Waals surface area contributed by atoms with Crippen LogP contribution in [0.2, 0.25) is 0 Å². The summed E-state index contributed by atoms with van der Waals surface area (Å²) >= 11 is 0. The van der Waals surface area contributed by atoms with Gasteiger partial charge in [0.05, 0.1) is 13.2 Å². The molecule has 0 unspecified atom stereocenters. The Hall–Kier alpha value is -2.23. The molecule has 30 heavy (non-hydrogen) atoms. The predicted molar refractivity (Wildman–Crippen MR) is 110 cm³/mol. The van der Waals surface area contributed by atoms with Crippen molar-refractivity contribution in [1.29, 1.82) is 0 Å². The van der Waals surface area contributed by atoms with Crippen LogP contribution in [0.5, 0.6) is 11.5 Å². The van der Waals surface area contributed by atoms with E-state index < -0.39 is 0 Å². The van der Waals surface area contributed by atoms with Crippen molar-refractivity contribution in [2.45, 2.75) is 45.3 Å². The molecule has 9 nitrogen and oxygen atoms in total. The predicted octanol–water partition coefficient (Wildman–Crippen LogP) is -0.737. The lowest BCUT2D eigenvalue weighted by Crippen LogP contribution is -3.27. The standard InChI is InChI=1S/C21H32N6O3/c1-3-4-5-18(21-22-23-24-27(21)12-13-28-2)26-10-8-25(9-11-26)15-17-6-7-19-20(14-17)30-16-29-19/h6-7,14,18H,3-5,8-13,15-16H2,1-2H3/p+2/t18-/m0/s1. The normalized spacial score (nSPS) is 21.7. The summed E-state index contributed by atoms with van der Waals surface area (Å²) in [5.74, 6) is 2.74. The van der Waals surface area contributed by atoms with Gasteiger partial charge in [0.25, 0.3) is 0 Å². The molecule has 1 aromatic heterocycles. The summed E-state index contributed by atoms with van der Waals surface area (Å²) in [6, 6.07) is 6.67. The zero-order chi connectivity index (χ0) is 20.8. The number of hydrogen-bond donors (Lipinski definition) is 2. The van der Waals surface area contributed by atoms with Crippen molar-refractivity contribution in [3.05, 3.63) is 29.6 Å². The van der Waals surface area contributed by atoms with Crippen LogP contribution in [0.15, 0.2) is 18.2 Å². The molecule has 164 valence electrons. The highest BCUT2D eigenvalue weighted by atomic mass is 16.7. The van der Waals surface area contributed by atoms with Crippen LogP contribution in [0, 0.1) is 0 Å². The van der Waals surface area contributed by atoms with Gasteiger partial charge in [0.1, 0.15) is 38.8 Å². The largest absolute Gasteiger partial charge is 0.454 e. The van der Waals surface area contributed by atoms with Crippen molar-refractivity contribution in [3.8, 4) is 11.5 Å². The van der Waals surface area contributed by atoms with Gasteiger partial charge in [-0.25, -0.2) is 4.68 Å². The molecule has 1 aromatic carbocycles. The number of quaternary nitrogens is 2. The van der Waals surface area contributed by atoms with E-state index >= 15 is 0 Å². The summed E-state index contributed by atoms with van der Waals surface area (Å²) in [6.07, 6.45) is 3.50. The van der Waals surface area contributed by atoms with Crippen LogP contribution >= 0.6 is 0 Å². The van der Waals surface area contributed by atoms with Crippen LogP contribution in [-0.4, -0.2) is 66.9 Å². The van der Waals surface area contributed by atoms with Crippen LogP contribution in [0.4, 0.5) is 0 Å². The van der Waals surface area contributed by atoms with Crippen LogP contribution in [0.1, 0.15) is 43.6 Å². The Balaban J connectivity index is 1.37. The number of benzene rings is 1. The smallest absolute Gasteiger partial charge is 0.231 e. The first-order valence-corrected chi connectivity index (χ1v) is 11.1. The van der Waals surface area contributed by atoms with Gasteiger partial charge in [0.2, 0.25) is 12.6 Å². The van der Waals surface area contributed by atoms with E-state index in [-0.39, 0.29) is 0 Å². The number of tetrazole rings is 1. The third kappa shape index (κ3) is 4.91. The molecule has 0 saturated carbocycles. The zero-order valence-corrected chi connectivity index (χ0v) is 18.1. The molecular formula is C21H34N6O3+2. The second-order valence-corrected chi connectivity index (χ2v) is 8.22. The number of rotatable bonds is 10. The second-order valence-electron chi connectivity index (χ2n) is 8.22. The van der Waals surface area contributed by atoms with Gasteiger partial charge in [-0.1, -0.05) is 13.3 Å². The van der Waals surface area contributed by atoms with Gasteiger partial charge in [-0.2, -0.15) is 0 Å². The van der Waals surface area contributed by atoms with Gasteiger partial charge in [-0.05, 0) is 35.0 Å². The second kappa shape index (κ2) is 10.2. The van der Waals surface area contributed by atoms with Crippen LogP contribution < -0.4 is 19.3 Å². The summed E-state index contributed by atoms with van der Waals surface area (Å²) in [6.45, 7) is 9.48. The van der Waals surface area contributed by atoms with E-state index in [2.05, 4.69) is 34.6 Å². The average molecular weight is 419 g/mol. The van der Waals surface area contributed by atoms with Crippen LogP contribution in [-0.2, 0) is 17.8 Å². The number of unbranched alkanes of at least 4 members (excludes halogenated alkanes) is 1. The Morgan fingerprint density at radius 3 is 2.80 bits per heavy atom. The highest BCUT2D eigenvalue weighted by Gasteiger charge is 2.33. The lowest BCUT2D eigenvalue weighted by molar-refractivity contribution is -1.03. The fraction of sp³-hybridized carbons (Fsp3) is 0.667. The number of fused-ring (bicyclic) bond motifs is 1. The third-order valence-electron chi connectivity index (χ3n) is 6.21.